The van der Waals surface area contributed by atoms with Crippen LogP contribution in [0.4, 0.5) is 13.2 Å². The molecule has 0 aliphatic carbocycles. The Balaban J connectivity index is 2.54. The van der Waals surface area contributed by atoms with Gasteiger partial charge in [0.25, 0.3) is 0 Å². The molecular formula is C14H11Cl2F3N2. The molecule has 0 spiro atoms. The van der Waals surface area contributed by atoms with Gasteiger partial charge in [-0.2, -0.15) is 13.2 Å². The molecule has 2 aromatic carbocycles. The minimum atomic E-state index is -4.47. The van der Waals surface area contributed by atoms with E-state index in [2.05, 4.69) is 5.43 Å². The fourth-order valence-corrected chi connectivity index (χ4v) is 2.37. The van der Waals surface area contributed by atoms with Gasteiger partial charge in [0.05, 0.1) is 21.7 Å². The van der Waals surface area contributed by atoms with Gasteiger partial charge in [0, 0.05) is 0 Å². The number of hydrazine groups is 1. The summed E-state index contributed by atoms with van der Waals surface area (Å²) in [5, 5.41) is 0.569. The van der Waals surface area contributed by atoms with Crippen molar-refractivity contribution in [1.82, 2.24) is 5.43 Å². The lowest BCUT2D eigenvalue weighted by Gasteiger charge is -2.21. The molecule has 2 aromatic rings. The molecule has 0 bridgehead atoms. The van der Waals surface area contributed by atoms with E-state index in [0.717, 1.165) is 6.07 Å². The SMILES string of the molecule is NNC(c1ccc(Cl)c(Cl)c1)c1ccccc1C(F)(F)F. The van der Waals surface area contributed by atoms with E-state index < -0.39 is 17.8 Å². The van der Waals surface area contributed by atoms with Gasteiger partial charge in [-0.1, -0.05) is 47.5 Å². The van der Waals surface area contributed by atoms with Crippen molar-refractivity contribution in [3.05, 3.63) is 69.2 Å². The van der Waals surface area contributed by atoms with E-state index in [1.54, 1.807) is 6.07 Å². The molecule has 21 heavy (non-hydrogen) atoms. The normalized spacial score (nSPS) is 13.2. The molecule has 0 saturated heterocycles. The van der Waals surface area contributed by atoms with Crippen LogP contribution >= 0.6 is 23.2 Å². The second-order valence-electron chi connectivity index (χ2n) is 4.36. The van der Waals surface area contributed by atoms with Crippen LogP contribution in [0.15, 0.2) is 42.5 Å². The maximum atomic E-state index is 13.1. The summed E-state index contributed by atoms with van der Waals surface area (Å²) in [4.78, 5) is 0. The fourth-order valence-electron chi connectivity index (χ4n) is 2.06. The Morgan fingerprint density at radius 2 is 1.67 bits per heavy atom. The monoisotopic (exact) mass is 334 g/mol. The molecule has 1 atom stereocenters. The highest BCUT2D eigenvalue weighted by Crippen LogP contribution is 2.37. The van der Waals surface area contributed by atoms with Crippen LogP contribution in [0, 0.1) is 0 Å². The van der Waals surface area contributed by atoms with E-state index in [4.69, 9.17) is 29.0 Å². The maximum absolute atomic E-state index is 13.1. The Labute approximate surface area is 129 Å². The van der Waals surface area contributed by atoms with E-state index >= 15 is 0 Å². The standard InChI is InChI=1S/C14H11Cl2F3N2/c15-11-6-5-8(7-12(11)16)13(21-20)9-3-1-2-4-10(9)14(17,18)19/h1-7,13,21H,20H2. The third kappa shape index (κ3) is 3.49. The van der Waals surface area contributed by atoms with Gasteiger partial charge in [-0.05, 0) is 29.3 Å². The van der Waals surface area contributed by atoms with Crippen molar-refractivity contribution >= 4 is 23.2 Å². The molecule has 0 heterocycles. The second kappa shape index (κ2) is 6.23. The zero-order valence-electron chi connectivity index (χ0n) is 10.6. The number of nitrogens with two attached hydrogens (primary N) is 1. The first-order chi connectivity index (χ1) is 9.84. The number of rotatable bonds is 3. The fraction of sp³-hybridized carbons (Fsp3) is 0.143. The van der Waals surface area contributed by atoms with Crippen LogP contribution in [0.1, 0.15) is 22.7 Å². The number of alkyl halides is 3. The molecule has 3 N–H and O–H groups in total. The highest BCUT2D eigenvalue weighted by Gasteiger charge is 2.35. The van der Waals surface area contributed by atoms with E-state index in [-0.39, 0.29) is 10.6 Å². The summed E-state index contributed by atoms with van der Waals surface area (Å²) >= 11 is 11.7. The molecule has 7 heteroatoms. The average molecular weight is 335 g/mol. The second-order valence-corrected chi connectivity index (χ2v) is 5.17. The molecule has 0 aliphatic heterocycles. The van der Waals surface area contributed by atoms with Crippen molar-refractivity contribution in [1.29, 1.82) is 0 Å². The van der Waals surface area contributed by atoms with Gasteiger partial charge in [-0.15, -0.1) is 0 Å². The summed E-state index contributed by atoms with van der Waals surface area (Å²) in [6, 6.07) is 8.96. The van der Waals surface area contributed by atoms with Crippen molar-refractivity contribution < 1.29 is 13.2 Å². The summed E-state index contributed by atoms with van der Waals surface area (Å²) < 4.78 is 39.3. The molecule has 112 valence electrons. The van der Waals surface area contributed by atoms with Gasteiger partial charge in [-0.25, -0.2) is 5.43 Å². The molecule has 2 rings (SSSR count). The first-order valence-electron chi connectivity index (χ1n) is 5.91. The lowest BCUT2D eigenvalue weighted by molar-refractivity contribution is -0.138. The summed E-state index contributed by atoms with van der Waals surface area (Å²) in [5.74, 6) is 5.44. The highest BCUT2D eigenvalue weighted by atomic mass is 35.5. The number of halogens is 5. The summed E-state index contributed by atoms with van der Waals surface area (Å²) in [6.07, 6.45) is -4.47. The maximum Gasteiger partial charge on any atom is 0.416 e. The smallest absolute Gasteiger partial charge is 0.271 e. The molecule has 0 fully saturated rings. The van der Waals surface area contributed by atoms with Gasteiger partial charge in [-0.3, -0.25) is 5.84 Å². The van der Waals surface area contributed by atoms with E-state index in [1.165, 1.54) is 30.3 Å². The summed E-state index contributed by atoms with van der Waals surface area (Å²) in [6.45, 7) is 0. The van der Waals surface area contributed by atoms with Crippen molar-refractivity contribution in [2.75, 3.05) is 0 Å². The van der Waals surface area contributed by atoms with E-state index in [9.17, 15) is 13.2 Å². The van der Waals surface area contributed by atoms with E-state index in [0.29, 0.717) is 10.6 Å². The lowest BCUT2D eigenvalue weighted by atomic mass is 9.94. The molecular weight excluding hydrogens is 324 g/mol. The largest absolute Gasteiger partial charge is 0.416 e. The van der Waals surface area contributed by atoms with Crippen molar-refractivity contribution in [2.45, 2.75) is 12.2 Å². The van der Waals surface area contributed by atoms with Crippen LogP contribution in [-0.4, -0.2) is 0 Å². The van der Waals surface area contributed by atoms with Crippen molar-refractivity contribution in [2.24, 2.45) is 5.84 Å². The van der Waals surface area contributed by atoms with Crippen LogP contribution in [0.25, 0.3) is 0 Å². The van der Waals surface area contributed by atoms with Gasteiger partial charge in [0.1, 0.15) is 0 Å². The molecule has 1 unspecified atom stereocenters. The first-order valence-corrected chi connectivity index (χ1v) is 6.67. The Bertz CT molecular complexity index is 644. The van der Waals surface area contributed by atoms with Gasteiger partial charge < -0.3 is 0 Å². The van der Waals surface area contributed by atoms with Crippen LogP contribution in [-0.2, 0) is 6.18 Å². The van der Waals surface area contributed by atoms with Crippen LogP contribution in [0.3, 0.4) is 0 Å². The summed E-state index contributed by atoms with van der Waals surface area (Å²) in [7, 11) is 0. The minimum Gasteiger partial charge on any atom is -0.271 e. The molecule has 0 amide bonds. The predicted octanol–water partition coefficient (Wildman–Crippen LogP) is 4.56. The Hall–Kier alpha value is -1.27. The van der Waals surface area contributed by atoms with Gasteiger partial charge in [0.2, 0.25) is 0 Å². The van der Waals surface area contributed by atoms with Crippen molar-refractivity contribution in [3.8, 4) is 0 Å². The zero-order valence-corrected chi connectivity index (χ0v) is 12.1. The van der Waals surface area contributed by atoms with Gasteiger partial charge >= 0.3 is 6.18 Å². The number of benzene rings is 2. The molecule has 0 radical (unpaired) electrons. The molecule has 0 saturated carbocycles. The molecule has 0 aromatic heterocycles. The van der Waals surface area contributed by atoms with Crippen LogP contribution in [0.5, 0.6) is 0 Å². The predicted molar refractivity (Wildman–Crippen MR) is 77.1 cm³/mol. The van der Waals surface area contributed by atoms with Crippen molar-refractivity contribution in [3.63, 3.8) is 0 Å². The lowest BCUT2D eigenvalue weighted by Crippen LogP contribution is -2.30. The van der Waals surface area contributed by atoms with Gasteiger partial charge in [0.15, 0.2) is 0 Å². The highest BCUT2D eigenvalue weighted by molar-refractivity contribution is 6.42. The average Bonchev–Trinajstić information content (AvgIpc) is 2.43. The number of hydrogen-bond acceptors (Lipinski definition) is 2. The van der Waals surface area contributed by atoms with Crippen LogP contribution in [0.2, 0.25) is 10.0 Å². The number of hydrogen-bond donors (Lipinski definition) is 2. The Morgan fingerprint density at radius 3 is 2.24 bits per heavy atom. The number of nitrogens with one attached hydrogen (secondary N) is 1. The third-order valence-corrected chi connectivity index (χ3v) is 3.76. The topological polar surface area (TPSA) is 38.0 Å². The Morgan fingerprint density at radius 1 is 1.00 bits per heavy atom. The minimum absolute atomic E-state index is 0.0193. The molecule has 2 nitrogen and oxygen atoms in total. The first kappa shape index (κ1) is 16.1. The quantitative estimate of drug-likeness (QED) is 0.637. The van der Waals surface area contributed by atoms with Crippen LogP contribution < -0.4 is 11.3 Å². The molecule has 0 aliphatic rings. The third-order valence-electron chi connectivity index (χ3n) is 3.02. The van der Waals surface area contributed by atoms with E-state index in [1.807, 2.05) is 0 Å². The Kier molecular flexibility index (Phi) is 4.78. The zero-order chi connectivity index (χ0) is 15.6. The summed E-state index contributed by atoms with van der Waals surface area (Å²) in [5.41, 5.74) is 2.15.